The second-order valence-corrected chi connectivity index (χ2v) is 7.15. The summed E-state index contributed by atoms with van der Waals surface area (Å²) in [5.41, 5.74) is 4.20. The van der Waals surface area contributed by atoms with Crippen LogP contribution in [0.1, 0.15) is 36.9 Å². The van der Waals surface area contributed by atoms with Crippen molar-refractivity contribution >= 4 is 6.72 Å². The number of hydrogen-bond acceptors (Lipinski definition) is 4. The summed E-state index contributed by atoms with van der Waals surface area (Å²) in [4.78, 5) is 8.79. The van der Waals surface area contributed by atoms with E-state index >= 15 is 0 Å². The molecule has 26 heavy (non-hydrogen) atoms. The Bertz CT molecular complexity index is 632. The van der Waals surface area contributed by atoms with Crippen molar-refractivity contribution in [1.82, 2.24) is 15.1 Å². The zero-order valence-corrected chi connectivity index (χ0v) is 16.0. The summed E-state index contributed by atoms with van der Waals surface area (Å²) in [6.45, 7) is 11.6. The van der Waals surface area contributed by atoms with Gasteiger partial charge in [0.15, 0.2) is 0 Å². The minimum atomic E-state index is 0.404. The first kappa shape index (κ1) is 18.7. The molecule has 1 unspecified atom stereocenters. The first-order valence-corrected chi connectivity index (χ1v) is 9.93. The fraction of sp³-hybridized carbons (Fsp3) is 0.500. The van der Waals surface area contributed by atoms with Gasteiger partial charge in [0.1, 0.15) is 0 Å². The molecule has 0 bridgehead atoms. The standard InChI is InChI=1S/C22H32N4/c1-3-4-5-19-6-8-20(9-7-19)22-18-24-13-17-26(22)21-10-14-25(15-11-21)16-12-23-2/h6-11,14,22,24H,2-5,12-13,15-18H2,1H3. The number of nitrogens with one attached hydrogen (secondary N) is 1. The van der Waals surface area contributed by atoms with Crippen molar-refractivity contribution in [2.75, 3.05) is 39.3 Å². The number of benzene rings is 1. The third-order valence-corrected chi connectivity index (χ3v) is 5.29. The molecule has 1 saturated heterocycles. The van der Waals surface area contributed by atoms with Gasteiger partial charge in [0.2, 0.25) is 0 Å². The number of rotatable bonds is 8. The summed E-state index contributed by atoms with van der Waals surface area (Å²) in [6, 6.07) is 9.68. The highest BCUT2D eigenvalue weighted by Crippen LogP contribution is 2.28. The molecule has 0 radical (unpaired) electrons. The number of aryl methyl sites for hydroxylation is 1. The van der Waals surface area contributed by atoms with E-state index in [2.05, 4.69) is 76.4 Å². The van der Waals surface area contributed by atoms with Crippen molar-refractivity contribution in [2.24, 2.45) is 4.99 Å². The molecule has 0 aliphatic carbocycles. The summed E-state index contributed by atoms with van der Waals surface area (Å²) in [7, 11) is 0. The minimum absolute atomic E-state index is 0.404. The second kappa shape index (κ2) is 9.58. The molecule has 140 valence electrons. The van der Waals surface area contributed by atoms with Crippen LogP contribution in [-0.4, -0.2) is 55.8 Å². The third kappa shape index (κ3) is 4.76. The van der Waals surface area contributed by atoms with E-state index in [-0.39, 0.29) is 0 Å². The quantitative estimate of drug-likeness (QED) is 0.728. The average molecular weight is 353 g/mol. The number of aliphatic imine (C=N–C) groups is 1. The molecule has 3 rings (SSSR count). The van der Waals surface area contributed by atoms with Crippen molar-refractivity contribution < 1.29 is 0 Å². The van der Waals surface area contributed by atoms with Gasteiger partial charge in [-0.05, 0) is 42.8 Å². The van der Waals surface area contributed by atoms with Gasteiger partial charge in [-0.3, -0.25) is 4.99 Å². The summed E-state index contributed by atoms with van der Waals surface area (Å²) in [6.07, 6.45) is 10.5. The average Bonchev–Trinajstić information content (AvgIpc) is 2.71. The van der Waals surface area contributed by atoms with E-state index in [4.69, 9.17) is 0 Å². The van der Waals surface area contributed by atoms with E-state index in [9.17, 15) is 0 Å². The Labute approximate surface area is 158 Å². The molecule has 1 fully saturated rings. The van der Waals surface area contributed by atoms with Gasteiger partial charge in [0.25, 0.3) is 0 Å². The van der Waals surface area contributed by atoms with Crippen molar-refractivity contribution in [1.29, 1.82) is 0 Å². The Hall–Kier alpha value is -2.07. The maximum Gasteiger partial charge on any atom is 0.0667 e. The molecule has 0 saturated carbocycles. The van der Waals surface area contributed by atoms with E-state index in [0.29, 0.717) is 6.04 Å². The van der Waals surface area contributed by atoms with Crippen molar-refractivity contribution in [3.8, 4) is 0 Å². The molecule has 2 aliphatic heterocycles. The molecule has 2 heterocycles. The first-order chi connectivity index (χ1) is 12.8. The molecule has 0 amide bonds. The van der Waals surface area contributed by atoms with Crippen molar-refractivity contribution in [3.05, 3.63) is 59.4 Å². The molecular formula is C22H32N4. The Balaban J connectivity index is 1.67. The van der Waals surface area contributed by atoms with Gasteiger partial charge in [-0.2, -0.15) is 0 Å². The number of nitrogens with zero attached hydrogens (tertiary/aromatic N) is 3. The van der Waals surface area contributed by atoms with Gasteiger partial charge in [-0.1, -0.05) is 37.6 Å². The van der Waals surface area contributed by atoms with Crippen LogP contribution in [0.3, 0.4) is 0 Å². The summed E-state index contributed by atoms with van der Waals surface area (Å²) < 4.78 is 0. The predicted octanol–water partition coefficient (Wildman–Crippen LogP) is 3.39. The molecule has 1 aromatic rings. The Kier molecular flexibility index (Phi) is 6.89. The lowest BCUT2D eigenvalue weighted by atomic mass is 9.99. The summed E-state index contributed by atoms with van der Waals surface area (Å²) in [5.74, 6) is 0. The van der Waals surface area contributed by atoms with Crippen molar-refractivity contribution in [2.45, 2.75) is 32.2 Å². The van der Waals surface area contributed by atoms with Gasteiger partial charge in [-0.25, -0.2) is 0 Å². The third-order valence-electron chi connectivity index (χ3n) is 5.29. The van der Waals surface area contributed by atoms with Crippen LogP contribution in [0.2, 0.25) is 0 Å². The van der Waals surface area contributed by atoms with Gasteiger partial charge in [0, 0.05) is 44.6 Å². The predicted molar refractivity (Wildman–Crippen MR) is 111 cm³/mol. The van der Waals surface area contributed by atoms with Crippen LogP contribution in [0.25, 0.3) is 0 Å². The zero-order valence-electron chi connectivity index (χ0n) is 16.0. The molecule has 1 atom stereocenters. The van der Waals surface area contributed by atoms with Gasteiger partial charge in [0.05, 0.1) is 12.6 Å². The lowest BCUT2D eigenvalue weighted by Crippen LogP contribution is -2.45. The molecule has 0 aromatic heterocycles. The van der Waals surface area contributed by atoms with E-state index in [1.54, 1.807) is 0 Å². The van der Waals surface area contributed by atoms with E-state index in [1.165, 1.54) is 36.1 Å². The van der Waals surface area contributed by atoms with Crippen molar-refractivity contribution in [3.63, 3.8) is 0 Å². The molecule has 2 aliphatic rings. The maximum absolute atomic E-state index is 3.95. The Morgan fingerprint density at radius 3 is 2.81 bits per heavy atom. The second-order valence-electron chi connectivity index (χ2n) is 7.15. The maximum atomic E-state index is 3.95. The fourth-order valence-electron chi connectivity index (χ4n) is 3.70. The molecule has 4 nitrogen and oxygen atoms in total. The van der Waals surface area contributed by atoms with Crippen LogP contribution in [0, 0.1) is 0 Å². The van der Waals surface area contributed by atoms with E-state index in [0.717, 1.165) is 39.3 Å². The topological polar surface area (TPSA) is 30.9 Å². The normalized spacial score (nSPS) is 20.2. The Morgan fingerprint density at radius 2 is 2.12 bits per heavy atom. The number of allylic oxidation sites excluding steroid dienone is 1. The van der Waals surface area contributed by atoms with Gasteiger partial charge >= 0.3 is 0 Å². The zero-order chi connectivity index (χ0) is 18.2. The summed E-state index contributed by atoms with van der Waals surface area (Å²) in [5, 5.41) is 3.57. The van der Waals surface area contributed by atoms with Crippen LogP contribution in [0.15, 0.2) is 53.3 Å². The lowest BCUT2D eigenvalue weighted by Gasteiger charge is -2.40. The molecule has 4 heteroatoms. The van der Waals surface area contributed by atoms with Crippen LogP contribution in [-0.2, 0) is 6.42 Å². The highest BCUT2D eigenvalue weighted by molar-refractivity contribution is 5.30. The number of hydrogen-bond donors (Lipinski definition) is 1. The van der Waals surface area contributed by atoms with E-state index < -0.39 is 0 Å². The molecule has 0 spiro atoms. The monoisotopic (exact) mass is 352 g/mol. The number of unbranched alkanes of at least 4 members (excludes halogenated alkanes) is 1. The first-order valence-electron chi connectivity index (χ1n) is 9.93. The fourth-order valence-corrected chi connectivity index (χ4v) is 3.70. The van der Waals surface area contributed by atoms with Crippen LogP contribution in [0.5, 0.6) is 0 Å². The lowest BCUT2D eigenvalue weighted by molar-refractivity contribution is 0.213. The highest BCUT2D eigenvalue weighted by Gasteiger charge is 2.25. The SMILES string of the molecule is C=NCCN1C=CC(N2CCNCC2c2ccc(CCCC)cc2)=CC1. The minimum Gasteiger partial charge on any atom is -0.372 e. The molecule has 1 N–H and O–H groups in total. The molecular weight excluding hydrogens is 320 g/mol. The largest absolute Gasteiger partial charge is 0.372 e. The highest BCUT2D eigenvalue weighted by atomic mass is 15.2. The van der Waals surface area contributed by atoms with Gasteiger partial charge in [-0.15, -0.1) is 0 Å². The molecule has 1 aromatic carbocycles. The smallest absolute Gasteiger partial charge is 0.0667 e. The van der Waals surface area contributed by atoms with E-state index in [1.807, 2.05) is 0 Å². The number of piperazine rings is 1. The van der Waals surface area contributed by atoms with Crippen LogP contribution >= 0.6 is 0 Å². The van der Waals surface area contributed by atoms with Gasteiger partial charge < -0.3 is 15.1 Å². The Morgan fingerprint density at radius 1 is 1.27 bits per heavy atom. The summed E-state index contributed by atoms with van der Waals surface area (Å²) >= 11 is 0. The van der Waals surface area contributed by atoms with Crippen LogP contribution < -0.4 is 5.32 Å². The van der Waals surface area contributed by atoms with Crippen LogP contribution in [0.4, 0.5) is 0 Å².